The lowest BCUT2D eigenvalue weighted by atomic mass is 9.78. The number of likely N-dealkylation sites (tertiary alicyclic amines) is 1. The van der Waals surface area contributed by atoms with Crippen molar-refractivity contribution in [2.45, 2.75) is 44.3 Å². The number of hydrogen-bond acceptors (Lipinski definition) is 4. The summed E-state index contributed by atoms with van der Waals surface area (Å²) in [7, 11) is 1.65. The number of aromatic nitrogens is 1. The van der Waals surface area contributed by atoms with Crippen LogP contribution in [0.4, 0.5) is 0 Å². The third-order valence-electron chi connectivity index (χ3n) is 7.40. The lowest BCUT2D eigenvalue weighted by molar-refractivity contribution is -0.126. The van der Waals surface area contributed by atoms with E-state index in [-0.39, 0.29) is 11.5 Å². The number of H-pyrrole nitrogens is 1. The Morgan fingerprint density at radius 1 is 1.15 bits per heavy atom. The number of nitrogens with zero attached hydrogens (tertiary/aromatic N) is 1. The molecule has 0 bridgehead atoms. The quantitative estimate of drug-likeness (QED) is 0.491. The Kier molecular flexibility index (Phi) is 6.88. The molecule has 1 aromatic heterocycles. The summed E-state index contributed by atoms with van der Waals surface area (Å²) in [5.74, 6) is 1.46. The normalized spacial score (nSPS) is 20.0. The highest BCUT2D eigenvalue weighted by atomic mass is 16.5. The SMILES string of the molecule is COc1ccc2cc(C(=O)N3CCC4(CC3)CC(CCOCc3ccccc3)CCO4)[nH]c2c1. The Labute approximate surface area is 201 Å². The van der Waals surface area contributed by atoms with Gasteiger partial charge in [0, 0.05) is 43.3 Å². The maximum absolute atomic E-state index is 13.2. The molecule has 3 heterocycles. The van der Waals surface area contributed by atoms with E-state index in [4.69, 9.17) is 14.2 Å². The fraction of sp³-hybridized carbons (Fsp3) is 0.464. The Morgan fingerprint density at radius 3 is 2.76 bits per heavy atom. The molecule has 2 fully saturated rings. The maximum atomic E-state index is 13.2. The summed E-state index contributed by atoms with van der Waals surface area (Å²) in [6, 6.07) is 18.1. The number of carbonyl (C=O) groups excluding carboxylic acids is 1. The second-order valence-electron chi connectivity index (χ2n) is 9.65. The molecule has 1 spiro atoms. The summed E-state index contributed by atoms with van der Waals surface area (Å²) in [4.78, 5) is 18.4. The van der Waals surface area contributed by atoms with E-state index < -0.39 is 0 Å². The summed E-state index contributed by atoms with van der Waals surface area (Å²) in [6.45, 7) is 3.73. The summed E-state index contributed by atoms with van der Waals surface area (Å²) in [6.07, 6.45) is 5.02. The highest BCUT2D eigenvalue weighted by molar-refractivity contribution is 5.98. The summed E-state index contributed by atoms with van der Waals surface area (Å²) >= 11 is 0. The van der Waals surface area contributed by atoms with Crippen LogP contribution >= 0.6 is 0 Å². The molecular formula is C28H34N2O4. The number of carbonyl (C=O) groups is 1. The van der Waals surface area contributed by atoms with Crippen LogP contribution in [-0.2, 0) is 16.1 Å². The van der Waals surface area contributed by atoms with E-state index in [9.17, 15) is 4.79 Å². The van der Waals surface area contributed by atoms with Gasteiger partial charge in [-0.15, -0.1) is 0 Å². The molecule has 5 rings (SSSR count). The molecule has 6 heteroatoms. The Bertz CT molecular complexity index is 1100. The van der Waals surface area contributed by atoms with Crippen LogP contribution in [0.3, 0.4) is 0 Å². The van der Waals surface area contributed by atoms with Crippen LogP contribution in [0, 0.1) is 5.92 Å². The topological polar surface area (TPSA) is 63.8 Å². The molecule has 0 aliphatic carbocycles. The monoisotopic (exact) mass is 462 g/mol. The minimum Gasteiger partial charge on any atom is -0.497 e. The number of methoxy groups -OCH3 is 1. The van der Waals surface area contributed by atoms with Crippen LogP contribution in [0.2, 0.25) is 0 Å². The second kappa shape index (κ2) is 10.2. The minimum absolute atomic E-state index is 0.0617. The standard InChI is InChI=1S/C28H34N2O4/c1-32-24-8-7-23-17-26(29-25(23)18-24)27(31)30-13-11-28(12-14-30)19-21(10-16-34-28)9-15-33-20-22-5-3-2-4-6-22/h2-8,17-18,21,29H,9-16,19-20H2,1H3. The zero-order chi connectivity index (χ0) is 23.4. The van der Waals surface area contributed by atoms with Gasteiger partial charge in [0.25, 0.3) is 5.91 Å². The van der Waals surface area contributed by atoms with Gasteiger partial charge in [0.1, 0.15) is 11.4 Å². The third kappa shape index (κ3) is 5.13. The summed E-state index contributed by atoms with van der Waals surface area (Å²) in [5, 5.41) is 1.02. The van der Waals surface area contributed by atoms with E-state index >= 15 is 0 Å². The molecule has 2 aliphatic rings. The van der Waals surface area contributed by atoms with Gasteiger partial charge in [0.15, 0.2) is 0 Å². The van der Waals surface area contributed by atoms with Crippen LogP contribution in [-0.4, -0.2) is 54.8 Å². The molecule has 6 nitrogen and oxygen atoms in total. The number of aromatic amines is 1. The van der Waals surface area contributed by atoms with E-state index in [2.05, 4.69) is 17.1 Å². The zero-order valence-corrected chi connectivity index (χ0v) is 19.9. The molecule has 2 aromatic carbocycles. The van der Waals surface area contributed by atoms with E-state index in [1.165, 1.54) is 5.56 Å². The first-order valence-corrected chi connectivity index (χ1v) is 12.4. The molecular weight excluding hydrogens is 428 g/mol. The molecule has 1 atom stereocenters. The van der Waals surface area contributed by atoms with Crippen LogP contribution in [0.5, 0.6) is 5.75 Å². The van der Waals surface area contributed by atoms with Gasteiger partial charge in [0.2, 0.25) is 0 Å². The fourth-order valence-corrected chi connectivity index (χ4v) is 5.37. The van der Waals surface area contributed by atoms with Crippen molar-refractivity contribution in [1.29, 1.82) is 0 Å². The lowest BCUT2D eigenvalue weighted by Gasteiger charge is -2.46. The van der Waals surface area contributed by atoms with Crippen molar-refractivity contribution in [3.8, 4) is 5.75 Å². The van der Waals surface area contributed by atoms with Crippen molar-refractivity contribution in [2.75, 3.05) is 33.4 Å². The number of nitrogens with one attached hydrogen (secondary N) is 1. The first-order valence-electron chi connectivity index (χ1n) is 12.4. The van der Waals surface area contributed by atoms with Crippen molar-refractivity contribution in [2.24, 2.45) is 5.92 Å². The number of rotatable bonds is 7. The number of benzene rings is 2. The molecule has 1 amide bonds. The Morgan fingerprint density at radius 2 is 1.97 bits per heavy atom. The Hall–Kier alpha value is -2.83. The lowest BCUT2D eigenvalue weighted by Crippen LogP contribution is -2.51. The third-order valence-corrected chi connectivity index (χ3v) is 7.40. The zero-order valence-electron chi connectivity index (χ0n) is 19.9. The van der Waals surface area contributed by atoms with E-state index in [0.29, 0.717) is 18.2 Å². The number of piperidine rings is 1. The van der Waals surface area contributed by atoms with Gasteiger partial charge in [-0.05, 0) is 61.8 Å². The molecule has 0 saturated carbocycles. The van der Waals surface area contributed by atoms with Crippen molar-refractivity contribution in [1.82, 2.24) is 9.88 Å². The van der Waals surface area contributed by atoms with Crippen molar-refractivity contribution in [3.05, 3.63) is 65.9 Å². The van der Waals surface area contributed by atoms with Crippen molar-refractivity contribution in [3.63, 3.8) is 0 Å². The number of fused-ring (bicyclic) bond motifs is 1. The molecule has 34 heavy (non-hydrogen) atoms. The van der Waals surface area contributed by atoms with Crippen LogP contribution in [0.1, 0.15) is 48.2 Å². The number of ether oxygens (including phenoxy) is 3. The Balaban J connectivity index is 1.12. The molecule has 1 N–H and O–H groups in total. The predicted octanol–water partition coefficient (Wildman–Crippen LogP) is 5.18. The molecule has 2 saturated heterocycles. The van der Waals surface area contributed by atoms with E-state index in [1.807, 2.05) is 47.4 Å². The van der Waals surface area contributed by atoms with Gasteiger partial charge in [-0.25, -0.2) is 0 Å². The molecule has 3 aromatic rings. The summed E-state index contributed by atoms with van der Waals surface area (Å²) in [5.41, 5.74) is 2.69. The first kappa shape index (κ1) is 22.9. The summed E-state index contributed by atoms with van der Waals surface area (Å²) < 4.78 is 17.5. The van der Waals surface area contributed by atoms with Crippen LogP contribution < -0.4 is 4.74 Å². The molecule has 2 aliphatic heterocycles. The van der Waals surface area contributed by atoms with Crippen molar-refractivity contribution < 1.29 is 19.0 Å². The average Bonchev–Trinajstić information content (AvgIpc) is 3.31. The van der Waals surface area contributed by atoms with Gasteiger partial charge in [0.05, 0.1) is 19.3 Å². The molecule has 0 radical (unpaired) electrons. The minimum atomic E-state index is -0.0903. The molecule has 180 valence electrons. The van der Waals surface area contributed by atoms with Gasteiger partial charge >= 0.3 is 0 Å². The largest absolute Gasteiger partial charge is 0.497 e. The maximum Gasteiger partial charge on any atom is 0.270 e. The number of amides is 1. The van der Waals surface area contributed by atoms with E-state index in [0.717, 1.165) is 75.1 Å². The van der Waals surface area contributed by atoms with Gasteiger partial charge in [-0.2, -0.15) is 0 Å². The van der Waals surface area contributed by atoms with Gasteiger partial charge in [-0.1, -0.05) is 30.3 Å². The van der Waals surface area contributed by atoms with Crippen LogP contribution in [0.25, 0.3) is 10.9 Å². The van der Waals surface area contributed by atoms with E-state index in [1.54, 1.807) is 7.11 Å². The van der Waals surface area contributed by atoms with Crippen molar-refractivity contribution >= 4 is 16.8 Å². The fourth-order valence-electron chi connectivity index (χ4n) is 5.37. The number of hydrogen-bond donors (Lipinski definition) is 1. The van der Waals surface area contributed by atoms with Gasteiger partial charge in [-0.3, -0.25) is 4.79 Å². The first-order chi connectivity index (χ1) is 16.6. The van der Waals surface area contributed by atoms with Gasteiger partial charge < -0.3 is 24.1 Å². The van der Waals surface area contributed by atoms with Crippen LogP contribution in [0.15, 0.2) is 54.6 Å². The highest BCUT2D eigenvalue weighted by Crippen LogP contribution is 2.39. The average molecular weight is 463 g/mol. The predicted molar refractivity (Wildman–Crippen MR) is 132 cm³/mol. The highest BCUT2D eigenvalue weighted by Gasteiger charge is 2.41. The second-order valence-corrected chi connectivity index (χ2v) is 9.65. The molecule has 1 unspecified atom stereocenters. The smallest absolute Gasteiger partial charge is 0.270 e.